The van der Waals surface area contributed by atoms with Crippen molar-refractivity contribution in [2.75, 3.05) is 25.5 Å². The van der Waals surface area contributed by atoms with Crippen LogP contribution in [0.15, 0.2) is 29.6 Å². The third-order valence-electron chi connectivity index (χ3n) is 4.87. The summed E-state index contributed by atoms with van der Waals surface area (Å²) in [6.45, 7) is 1.57. The molecule has 3 rings (SSSR count). The molecule has 0 radical (unpaired) electrons. The minimum absolute atomic E-state index is 0.0626. The van der Waals surface area contributed by atoms with Gasteiger partial charge in [-0.2, -0.15) is 13.2 Å². The quantitative estimate of drug-likeness (QED) is 0.740. The van der Waals surface area contributed by atoms with Crippen molar-refractivity contribution in [1.82, 2.24) is 15.2 Å². The summed E-state index contributed by atoms with van der Waals surface area (Å²) in [4.78, 5) is 30.8. The Bertz CT molecular complexity index is 884. The smallest absolute Gasteiger partial charge is 0.351 e. The zero-order valence-corrected chi connectivity index (χ0v) is 16.6. The Morgan fingerprint density at radius 2 is 2.03 bits per heavy atom. The predicted octanol–water partition coefficient (Wildman–Crippen LogP) is 3.63. The number of carbonyl (C=O) groups excluding carboxylic acids is 2. The van der Waals surface area contributed by atoms with Crippen molar-refractivity contribution in [3.05, 3.63) is 46.5 Å². The van der Waals surface area contributed by atoms with Crippen molar-refractivity contribution in [2.24, 2.45) is 0 Å². The standard InChI is InChI=1S/C19H21F3N4O2S/c1-26-10-4-5-12(26)8-9-23-17(28)15-11-29-18(24-15)25-16(27)13-6-2-3-7-14(13)19(20,21)22/h2-3,6-7,11-12H,4-5,8-10H2,1H3,(H,23,28)(H,24,25,27)/t12-/m1/s1. The van der Waals surface area contributed by atoms with Gasteiger partial charge in [0.1, 0.15) is 5.69 Å². The van der Waals surface area contributed by atoms with Crippen LogP contribution in [0.3, 0.4) is 0 Å². The van der Waals surface area contributed by atoms with Crippen LogP contribution in [0, 0.1) is 0 Å². The van der Waals surface area contributed by atoms with Crippen molar-refractivity contribution in [1.29, 1.82) is 0 Å². The lowest BCUT2D eigenvalue weighted by molar-refractivity contribution is -0.137. The van der Waals surface area contributed by atoms with Crippen molar-refractivity contribution in [3.63, 3.8) is 0 Å². The number of nitrogens with one attached hydrogen (secondary N) is 2. The topological polar surface area (TPSA) is 74.3 Å². The van der Waals surface area contributed by atoms with E-state index in [4.69, 9.17) is 0 Å². The Morgan fingerprint density at radius 1 is 1.28 bits per heavy atom. The van der Waals surface area contributed by atoms with E-state index in [0.29, 0.717) is 12.6 Å². The summed E-state index contributed by atoms with van der Waals surface area (Å²) in [6.07, 6.45) is -1.54. The number of hydrogen-bond acceptors (Lipinski definition) is 5. The number of benzene rings is 1. The van der Waals surface area contributed by atoms with Gasteiger partial charge in [0.25, 0.3) is 11.8 Å². The summed E-state index contributed by atoms with van der Waals surface area (Å²) in [6, 6.07) is 4.97. The molecule has 2 aromatic rings. The van der Waals surface area contributed by atoms with Gasteiger partial charge in [0.15, 0.2) is 5.13 Å². The maximum absolute atomic E-state index is 13.1. The molecule has 0 aliphatic carbocycles. The van der Waals surface area contributed by atoms with Gasteiger partial charge in [0.05, 0.1) is 11.1 Å². The lowest BCUT2D eigenvalue weighted by atomic mass is 10.1. The van der Waals surface area contributed by atoms with Crippen molar-refractivity contribution in [2.45, 2.75) is 31.5 Å². The van der Waals surface area contributed by atoms with Crippen molar-refractivity contribution >= 4 is 28.3 Å². The fraction of sp³-hybridized carbons (Fsp3) is 0.421. The van der Waals surface area contributed by atoms with E-state index in [9.17, 15) is 22.8 Å². The van der Waals surface area contributed by atoms with Crippen LogP contribution in [0.25, 0.3) is 0 Å². The monoisotopic (exact) mass is 426 g/mol. The molecule has 156 valence electrons. The van der Waals surface area contributed by atoms with Crippen molar-refractivity contribution in [3.8, 4) is 0 Å². The van der Waals surface area contributed by atoms with Crippen LogP contribution in [0.5, 0.6) is 0 Å². The van der Waals surface area contributed by atoms with Crippen LogP contribution in [-0.4, -0.2) is 47.9 Å². The molecule has 1 fully saturated rings. The van der Waals surface area contributed by atoms with Crippen molar-refractivity contribution < 1.29 is 22.8 Å². The second-order valence-electron chi connectivity index (χ2n) is 6.86. The van der Waals surface area contributed by atoms with Gasteiger partial charge in [-0.1, -0.05) is 12.1 Å². The number of amides is 2. The Kier molecular flexibility index (Phi) is 6.53. The van der Waals surface area contributed by atoms with Crippen LogP contribution in [0.2, 0.25) is 0 Å². The summed E-state index contributed by atoms with van der Waals surface area (Å²) in [7, 11) is 2.06. The van der Waals surface area contributed by atoms with E-state index >= 15 is 0 Å². The summed E-state index contributed by atoms with van der Waals surface area (Å²) >= 11 is 0.980. The average molecular weight is 426 g/mol. The fourth-order valence-corrected chi connectivity index (χ4v) is 4.00. The van der Waals surface area contributed by atoms with Gasteiger partial charge in [0, 0.05) is 18.0 Å². The molecule has 1 aliphatic rings. The third-order valence-corrected chi connectivity index (χ3v) is 5.63. The van der Waals surface area contributed by atoms with E-state index in [1.54, 1.807) is 0 Å². The minimum atomic E-state index is -4.64. The molecule has 1 aromatic heterocycles. The number of halogens is 3. The molecule has 1 atom stereocenters. The maximum Gasteiger partial charge on any atom is 0.417 e. The number of rotatable bonds is 6. The molecule has 1 aromatic carbocycles. The molecule has 0 unspecified atom stereocenters. The highest BCUT2D eigenvalue weighted by atomic mass is 32.1. The first kappa shape index (κ1) is 21.3. The van der Waals surface area contributed by atoms with E-state index in [-0.39, 0.29) is 16.7 Å². The van der Waals surface area contributed by atoms with E-state index in [1.165, 1.54) is 17.5 Å². The number of carbonyl (C=O) groups is 2. The first-order valence-electron chi connectivity index (χ1n) is 9.17. The van der Waals surface area contributed by atoms with E-state index in [0.717, 1.165) is 49.3 Å². The number of nitrogens with zero attached hydrogens (tertiary/aromatic N) is 2. The predicted molar refractivity (Wildman–Crippen MR) is 104 cm³/mol. The van der Waals surface area contributed by atoms with Gasteiger partial charge in [-0.3, -0.25) is 14.9 Å². The Balaban J connectivity index is 1.57. The number of likely N-dealkylation sites (tertiary alicyclic amines) is 1. The Morgan fingerprint density at radius 3 is 2.72 bits per heavy atom. The maximum atomic E-state index is 13.1. The van der Waals surface area contributed by atoms with Crippen LogP contribution < -0.4 is 10.6 Å². The fourth-order valence-electron chi connectivity index (χ4n) is 3.32. The summed E-state index contributed by atoms with van der Waals surface area (Å²) in [5, 5.41) is 6.65. The largest absolute Gasteiger partial charge is 0.417 e. The number of alkyl halides is 3. The molecule has 2 N–H and O–H groups in total. The summed E-state index contributed by atoms with van der Waals surface area (Å²) in [5.41, 5.74) is -1.40. The number of thiazole rings is 1. The lowest BCUT2D eigenvalue weighted by Crippen LogP contribution is -2.31. The highest BCUT2D eigenvalue weighted by molar-refractivity contribution is 7.14. The Labute approximate surface area is 170 Å². The van der Waals surface area contributed by atoms with Crippen LogP contribution >= 0.6 is 11.3 Å². The number of anilines is 1. The number of aromatic nitrogens is 1. The molecule has 29 heavy (non-hydrogen) atoms. The molecule has 0 saturated carbocycles. The second kappa shape index (κ2) is 8.91. The molecular formula is C19H21F3N4O2S. The van der Waals surface area contributed by atoms with Gasteiger partial charge in [-0.15, -0.1) is 11.3 Å². The van der Waals surface area contributed by atoms with Gasteiger partial charge in [-0.25, -0.2) is 4.98 Å². The third kappa shape index (κ3) is 5.33. The molecule has 6 nitrogen and oxygen atoms in total. The number of hydrogen-bond donors (Lipinski definition) is 2. The molecule has 10 heteroatoms. The van der Waals surface area contributed by atoms with Crippen LogP contribution in [0.1, 0.15) is 45.7 Å². The van der Waals surface area contributed by atoms with Gasteiger partial charge < -0.3 is 10.2 Å². The first-order chi connectivity index (χ1) is 13.8. The molecule has 2 amide bonds. The zero-order valence-electron chi connectivity index (χ0n) is 15.8. The van der Waals surface area contributed by atoms with Crippen LogP contribution in [-0.2, 0) is 6.18 Å². The molecule has 2 heterocycles. The zero-order chi connectivity index (χ0) is 21.0. The molecule has 1 aliphatic heterocycles. The average Bonchev–Trinajstić information content (AvgIpc) is 3.30. The molecule has 0 spiro atoms. The van der Waals surface area contributed by atoms with Gasteiger partial charge in [0.2, 0.25) is 0 Å². The normalized spacial score (nSPS) is 17.3. The van der Waals surface area contributed by atoms with E-state index in [1.807, 2.05) is 0 Å². The van der Waals surface area contributed by atoms with E-state index in [2.05, 4.69) is 27.6 Å². The highest BCUT2D eigenvalue weighted by Gasteiger charge is 2.35. The second-order valence-corrected chi connectivity index (χ2v) is 7.71. The van der Waals surface area contributed by atoms with Crippen LogP contribution in [0.4, 0.5) is 18.3 Å². The van der Waals surface area contributed by atoms with Gasteiger partial charge in [-0.05, 0) is 45.0 Å². The van der Waals surface area contributed by atoms with E-state index < -0.39 is 23.2 Å². The lowest BCUT2D eigenvalue weighted by Gasteiger charge is -2.19. The van der Waals surface area contributed by atoms with Gasteiger partial charge >= 0.3 is 6.18 Å². The summed E-state index contributed by atoms with van der Waals surface area (Å²) in [5.74, 6) is -1.30. The summed E-state index contributed by atoms with van der Waals surface area (Å²) < 4.78 is 39.2. The Hall–Kier alpha value is -2.46. The minimum Gasteiger partial charge on any atom is -0.351 e. The SMILES string of the molecule is CN1CCC[C@@H]1CCNC(=O)c1csc(NC(=O)c2ccccc2C(F)(F)F)n1. The molecule has 1 saturated heterocycles. The highest BCUT2D eigenvalue weighted by Crippen LogP contribution is 2.32. The first-order valence-corrected chi connectivity index (χ1v) is 10.0. The molecular weight excluding hydrogens is 405 g/mol. The molecule has 0 bridgehead atoms.